The minimum Gasteiger partial charge on any atom is -0.478 e. The molecule has 0 saturated carbocycles. The fraction of sp³-hybridized carbons (Fsp3) is 0.333. The average molecular weight is 306 g/mol. The molecule has 3 N–H and O–H groups in total. The number of aliphatic hydroxyl groups excluding tert-OH is 1. The number of aliphatic hydroxyl groups is 1. The fourth-order valence-corrected chi connectivity index (χ4v) is 2.68. The zero-order chi connectivity index (χ0) is 15.2. The van der Waals surface area contributed by atoms with Gasteiger partial charge in [0.15, 0.2) is 0 Å². The predicted octanol–water partition coefficient (Wildman–Crippen LogP) is 2.94. The van der Waals surface area contributed by atoms with Gasteiger partial charge < -0.3 is 15.5 Å². The Bertz CT molecular complexity index is 599. The molecule has 0 aromatic carbocycles. The van der Waals surface area contributed by atoms with Crippen LogP contribution in [0.1, 0.15) is 41.1 Å². The lowest BCUT2D eigenvalue weighted by atomic mass is 10.1. The molecular weight excluding hydrogens is 288 g/mol. The Labute approximate surface area is 127 Å². The Morgan fingerprint density at radius 3 is 2.90 bits per heavy atom. The second-order valence-electron chi connectivity index (χ2n) is 4.74. The van der Waals surface area contributed by atoms with Crippen molar-refractivity contribution in [3.8, 4) is 0 Å². The number of carbonyl (C=O) groups is 1. The summed E-state index contributed by atoms with van der Waals surface area (Å²) < 4.78 is 0. The zero-order valence-electron chi connectivity index (χ0n) is 11.7. The van der Waals surface area contributed by atoms with Crippen LogP contribution in [0.3, 0.4) is 0 Å². The molecule has 0 aliphatic carbocycles. The number of rotatable bonds is 7. The maximum absolute atomic E-state index is 11.1. The van der Waals surface area contributed by atoms with Crippen molar-refractivity contribution in [2.45, 2.75) is 25.9 Å². The summed E-state index contributed by atoms with van der Waals surface area (Å²) in [5.41, 5.74) is 1.79. The highest BCUT2D eigenvalue weighted by molar-refractivity contribution is 7.07. The number of aryl methyl sites for hydroxylation is 1. The molecule has 6 heteroatoms. The van der Waals surface area contributed by atoms with Crippen LogP contribution < -0.4 is 5.32 Å². The number of aromatic carboxylic acids is 1. The molecule has 0 amide bonds. The van der Waals surface area contributed by atoms with Crippen LogP contribution in [0, 0.1) is 0 Å². The summed E-state index contributed by atoms with van der Waals surface area (Å²) >= 11 is 1.52. The molecule has 0 aliphatic rings. The van der Waals surface area contributed by atoms with Crippen LogP contribution in [-0.2, 0) is 6.42 Å². The smallest absolute Gasteiger partial charge is 0.335 e. The molecule has 2 heterocycles. The van der Waals surface area contributed by atoms with Crippen molar-refractivity contribution in [1.29, 1.82) is 0 Å². The molecule has 112 valence electrons. The monoisotopic (exact) mass is 306 g/mol. The van der Waals surface area contributed by atoms with Gasteiger partial charge in [0, 0.05) is 12.2 Å². The minimum absolute atomic E-state index is 0.209. The maximum atomic E-state index is 11.1. The predicted molar refractivity (Wildman–Crippen MR) is 83.0 cm³/mol. The SMILES string of the molecule is CCCc1cc(C(=O)O)cc(NCC(O)c2ccsc2)n1. The molecule has 0 fully saturated rings. The first-order chi connectivity index (χ1) is 10.1. The molecule has 0 radical (unpaired) electrons. The van der Waals surface area contributed by atoms with Gasteiger partial charge in [0.2, 0.25) is 0 Å². The molecule has 2 aromatic rings. The molecule has 0 aliphatic heterocycles. The third-order valence-corrected chi connectivity index (χ3v) is 3.74. The number of thiophene rings is 1. The first kappa shape index (κ1) is 15.5. The summed E-state index contributed by atoms with van der Waals surface area (Å²) in [5.74, 6) is -0.496. The first-order valence-electron chi connectivity index (χ1n) is 6.78. The van der Waals surface area contributed by atoms with E-state index in [1.165, 1.54) is 17.4 Å². The number of carboxylic acids is 1. The Kier molecular flexibility index (Phi) is 5.30. The van der Waals surface area contributed by atoms with Crippen molar-refractivity contribution in [1.82, 2.24) is 4.98 Å². The normalized spacial score (nSPS) is 12.1. The Hall–Kier alpha value is -1.92. The molecule has 1 atom stereocenters. The van der Waals surface area contributed by atoms with Crippen molar-refractivity contribution in [2.24, 2.45) is 0 Å². The van der Waals surface area contributed by atoms with E-state index in [9.17, 15) is 9.90 Å². The van der Waals surface area contributed by atoms with Gasteiger partial charge in [0.25, 0.3) is 0 Å². The van der Waals surface area contributed by atoms with Gasteiger partial charge in [0.1, 0.15) is 5.82 Å². The van der Waals surface area contributed by atoms with Crippen LogP contribution in [0.25, 0.3) is 0 Å². The number of aromatic nitrogens is 1. The van der Waals surface area contributed by atoms with Crippen LogP contribution in [0.4, 0.5) is 5.82 Å². The van der Waals surface area contributed by atoms with Crippen molar-refractivity contribution < 1.29 is 15.0 Å². The second-order valence-corrected chi connectivity index (χ2v) is 5.52. The van der Waals surface area contributed by atoms with Crippen LogP contribution in [0.2, 0.25) is 0 Å². The van der Waals surface area contributed by atoms with E-state index in [4.69, 9.17) is 5.11 Å². The third-order valence-electron chi connectivity index (χ3n) is 3.04. The molecule has 21 heavy (non-hydrogen) atoms. The highest BCUT2D eigenvalue weighted by atomic mass is 32.1. The van der Waals surface area contributed by atoms with Gasteiger partial charge >= 0.3 is 5.97 Å². The van der Waals surface area contributed by atoms with E-state index < -0.39 is 12.1 Å². The van der Waals surface area contributed by atoms with Gasteiger partial charge in [-0.15, -0.1) is 0 Å². The van der Waals surface area contributed by atoms with E-state index in [2.05, 4.69) is 10.3 Å². The molecule has 1 unspecified atom stereocenters. The maximum Gasteiger partial charge on any atom is 0.335 e. The second kappa shape index (κ2) is 7.19. The number of hydrogen-bond acceptors (Lipinski definition) is 5. The zero-order valence-corrected chi connectivity index (χ0v) is 12.6. The summed E-state index contributed by atoms with van der Waals surface area (Å²) in [6.07, 6.45) is 0.983. The molecule has 2 rings (SSSR count). The first-order valence-corrected chi connectivity index (χ1v) is 7.72. The van der Waals surface area contributed by atoms with Gasteiger partial charge in [-0.25, -0.2) is 9.78 Å². The van der Waals surface area contributed by atoms with E-state index in [-0.39, 0.29) is 5.56 Å². The number of anilines is 1. The summed E-state index contributed by atoms with van der Waals surface area (Å²) in [5, 5.41) is 25.9. The quantitative estimate of drug-likeness (QED) is 0.732. The highest BCUT2D eigenvalue weighted by Crippen LogP contribution is 2.18. The Balaban J connectivity index is 2.09. The van der Waals surface area contributed by atoms with Crippen LogP contribution >= 0.6 is 11.3 Å². The summed E-state index contributed by atoms with van der Waals surface area (Å²) in [6.45, 7) is 2.31. The van der Waals surface area contributed by atoms with Gasteiger partial charge in [-0.1, -0.05) is 13.3 Å². The van der Waals surface area contributed by atoms with E-state index in [1.54, 1.807) is 6.07 Å². The fourth-order valence-electron chi connectivity index (χ4n) is 1.97. The van der Waals surface area contributed by atoms with E-state index >= 15 is 0 Å². The number of carboxylic acid groups (broad SMARTS) is 1. The van der Waals surface area contributed by atoms with Gasteiger partial charge in [-0.3, -0.25) is 0 Å². The average Bonchev–Trinajstić information content (AvgIpc) is 2.99. The summed E-state index contributed by atoms with van der Waals surface area (Å²) in [6, 6.07) is 4.94. The van der Waals surface area contributed by atoms with Gasteiger partial charge in [-0.2, -0.15) is 11.3 Å². The van der Waals surface area contributed by atoms with E-state index in [0.29, 0.717) is 12.4 Å². The molecule has 0 saturated heterocycles. The molecule has 0 spiro atoms. The van der Waals surface area contributed by atoms with Crippen molar-refractivity contribution >= 4 is 23.1 Å². The van der Waals surface area contributed by atoms with Gasteiger partial charge in [-0.05, 0) is 40.9 Å². The minimum atomic E-state index is -0.976. The number of pyridine rings is 1. The number of nitrogens with zero attached hydrogens (tertiary/aromatic N) is 1. The standard InChI is InChI=1S/C15H18N2O3S/c1-2-3-12-6-11(15(19)20)7-14(17-12)16-8-13(18)10-4-5-21-9-10/h4-7,9,13,18H,2-3,8H2,1H3,(H,16,17)(H,19,20). The summed E-state index contributed by atoms with van der Waals surface area (Å²) in [4.78, 5) is 15.5. The van der Waals surface area contributed by atoms with Crippen LogP contribution in [0.15, 0.2) is 29.0 Å². The molecular formula is C15H18N2O3S. The third kappa shape index (κ3) is 4.27. The molecule has 0 bridgehead atoms. The van der Waals surface area contributed by atoms with Crippen molar-refractivity contribution in [3.63, 3.8) is 0 Å². The number of hydrogen-bond donors (Lipinski definition) is 3. The van der Waals surface area contributed by atoms with Crippen molar-refractivity contribution in [2.75, 3.05) is 11.9 Å². The topological polar surface area (TPSA) is 82.5 Å². The van der Waals surface area contributed by atoms with E-state index in [0.717, 1.165) is 24.1 Å². The van der Waals surface area contributed by atoms with Gasteiger partial charge in [0.05, 0.1) is 11.7 Å². The Morgan fingerprint density at radius 1 is 1.48 bits per heavy atom. The largest absolute Gasteiger partial charge is 0.478 e. The highest BCUT2D eigenvalue weighted by Gasteiger charge is 2.11. The lowest BCUT2D eigenvalue weighted by Crippen LogP contribution is -2.13. The lowest BCUT2D eigenvalue weighted by Gasteiger charge is -2.12. The summed E-state index contributed by atoms with van der Waals surface area (Å²) in [7, 11) is 0. The molecule has 2 aromatic heterocycles. The van der Waals surface area contributed by atoms with Crippen LogP contribution in [-0.4, -0.2) is 27.7 Å². The lowest BCUT2D eigenvalue weighted by molar-refractivity contribution is 0.0696. The van der Waals surface area contributed by atoms with Crippen molar-refractivity contribution in [3.05, 3.63) is 45.8 Å². The van der Waals surface area contributed by atoms with E-state index in [1.807, 2.05) is 23.8 Å². The number of nitrogens with one attached hydrogen (secondary N) is 1. The van der Waals surface area contributed by atoms with Crippen LogP contribution in [0.5, 0.6) is 0 Å². The molecule has 5 nitrogen and oxygen atoms in total. The Morgan fingerprint density at radius 2 is 2.29 bits per heavy atom.